The van der Waals surface area contributed by atoms with Crippen LogP contribution in [0.5, 0.6) is 0 Å². The minimum atomic E-state index is -0.0444. The summed E-state index contributed by atoms with van der Waals surface area (Å²) in [6, 6.07) is 9.70. The second-order valence-electron chi connectivity index (χ2n) is 4.11. The second-order valence-corrected chi connectivity index (χ2v) is 4.11. The van der Waals surface area contributed by atoms with Crippen LogP contribution >= 0.6 is 0 Å². The van der Waals surface area contributed by atoms with Crippen LogP contribution in [0.25, 0.3) is 11.0 Å². The van der Waals surface area contributed by atoms with Gasteiger partial charge in [-0.15, -0.1) is 0 Å². The third-order valence-electron chi connectivity index (χ3n) is 2.75. The fraction of sp³-hybridized carbons (Fsp3) is 0.308. The van der Waals surface area contributed by atoms with Crippen LogP contribution in [0, 0.1) is 11.3 Å². The van der Waals surface area contributed by atoms with Gasteiger partial charge in [0.05, 0.1) is 17.1 Å². The Morgan fingerprint density at radius 1 is 1.50 bits per heavy atom. The Bertz CT molecular complexity index is 563. The fourth-order valence-corrected chi connectivity index (χ4v) is 1.73. The number of imidazole rings is 1. The molecule has 0 bridgehead atoms. The van der Waals surface area contributed by atoms with Crippen molar-refractivity contribution in [2.24, 2.45) is 0 Å². The Labute approximate surface area is 105 Å². The molecule has 0 aliphatic heterocycles. The van der Waals surface area contributed by atoms with Crippen molar-refractivity contribution >= 4 is 16.9 Å². The lowest BCUT2D eigenvalue weighted by Crippen LogP contribution is -2.27. The first-order valence-electron chi connectivity index (χ1n) is 5.75. The van der Waals surface area contributed by atoms with Gasteiger partial charge < -0.3 is 9.88 Å². The smallest absolute Gasteiger partial charge is 0.223 e. The molecule has 2 aromatic rings. The standard InChI is InChI=1S/C13H14N4O/c1-17(9-8-14)13(18)7-6-12-15-10-4-2-3-5-11(10)16-12/h2-5H,6-7,9H2,1H3,(H,15,16). The molecule has 2 rings (SSSR count). The Balaban J connectivity index is 1.98. The predicted molar refractivity (Wildman–Crippen MR) is 67.7 cm³/mol. The molecule has 1 aromatic heterocycles. The minimum absolute atomic E-state index is 0.0444. The first-order chi connectivity index (χ1) is 8.70. The Hall–Kier alpha value is -2.35. The van der Waals surface area contributed by atoms with E-state index in [0.717, 1.165) is 16.9 Å². The molecule has 5 heteroatoms. The number of rotatable bonds is 4. The molecule has 0 saturated carbocycles. The quantitative estimate of drug-likeness (QED) is 0.825. The Morgan fingerprint density at radius 2 is 2.28 bits per heavy atom. The number of H-pyrrole nitrogens is 1. The molecule has 0 aliphatic rings. The predicted octanol–water partition coefficient (Wildman–Crippen LogP) is 1.48. The van der Waals surface area contributed by atoms with E-state index in [4.69, 9.17) is 5.26 Å². The normalized spacial score (nSPS) is 10.2. The molecule has 0 spiro atoms. The molecule has 5 nitrogen and oxygen atoms in total. The first-order valence-corrected chi connectivity index (χ1v) is 5.75. The van der Waals surface area contributed by atoms with Gasteiger partial charge in [0.2, 0.25) is 5.91 Å². The van der Waals surface area contributed by atoms with Gasteiger partial charge in [-0.3, -0.25) is 4.79 Å². The number of carbonyl (C=O) groups is 1. The maximum absolute atomic E-state index is 11.7. The topological polar surface area (TPSA) is 72.8 Å². The van der Waals surface area contributed by atoms with Crippen molar-refractivity contribution in [3.05, 3.63) is 30.1 Å². The zero-order valence-electron chi connectivity index (χ0n) is 10.2. The number of amides is 1. The number of aryl methyl sites for hydroxylation is 1. The van der Waals surface area contributed by atoms with E-state index in [1.165, 1.54) is 4.90 Å². The lowest BCUT2D eigenvalue weighted by atomic mass is 10.2. The molecule has 0 radical (unpaired) electrons. The van der Waals surface area contributed by atoms with Crippen molar-refractivity contribution in [2.45, 2.75) is 12.8 Å². The second kappa shape index (κ2) is 5.32. The molecule has 0 atom stereocenters. The van der Waals surface area contributed by atoms with E-state index >= 15 is 0 Å². The lowest BCUT2D eigenvalue weighted by molar-refractivity contribution is -0.129. The summed E-state index contributed by atoms with van der Waals surface area (Å²) < 4.78 is 0. The molecule has 0 saturated heterocycles. The highest BCUT2D eigenvalue weighted by atomic mass is 16.2. The van der Waals surface area contributed by atoms with Crippen LogP contribution in [0.3, 0.4) is 0 Å². The van der Waals surface area contributed by atoms with Gasteiger partial charge in [0.15, 0.2) is 0 Å². The summed E-state index contributed by atoms with van der Waals surface area (Å²) in [6.07, 6.45) is 0.918. The van der Waals surface area contributed by atoms with Gasteiger partial charge in [0.1, 0.15) is 12.4 Å². The van der Waals surface area contributed by atoms with Crippen LogP contribution in [-0.4, -0.2) is 34.4 Å². The monoisotopic (exact) mass is 242 g/mol. The zero-order valence-corrected chi connectivity index (χ0v) is 10.2. The molecular weight excluding hydrogens is 228 g/mol. The Morgan fingerprint density at radius 3 is 3.00 bits per heavy atom. The maximum atomic E-state index is 11.7. The number of hydrogen-bond donors (Lipinski definition) is 1. The maximum Gasteiger partial charge on any atom is 0.223 e. The average Bonchev–Trinajstić information content (AvgIpc) is 2.78. The molecule has 1 N–H and O–H groups in total. The number of nitrogens with one attached hydrogen (secondary N) is 1. The molecular formula is C13H14N4O. The highest BCUT2D eigenvalue weighted by Gasteiger charge is 2.09. The lowest BCUT2D eigenvalue weighted by Gasteiger charge is -2.11. The van der Waals surface area contributed by atoms with Crippen molar-refractivity contribution in [3.63, 3.8) is 0 Å². The van der Waals surface area contributed by atoms with E-state index in [-0.39, 0.29) is 12.5 Å². The largest absolute Gasteiger partial charge is 0.342 e. The van der Waals surface area contributed by atoms with Crippen LogP contribution in [-0.2, 0) is 11.2 Å². The van der Waals surface area contributed by atoms with Crippen LogP contribution in [0.2, 0.25) is 0 Å². The molecule has 0 fully saturated rings. The van der Waals surface area contributed by atoms with Crippen LogP contribution in [0.4, 0.5) is 0 Å². The number of carbonyl (C=O) groups excluding carboxylic acids is 1. The number of fused-ring (bicyclic) bond motifs is 1. The molecule has 1 heterocycles. The van der Waals surface area contributed by atoms with Crippen LogP contribution in [0.1, 0.15) is 12.2 Å². The van der Waals surface area contributed by atoms with E-state index in [1.807, 2.05) is 30.3 Å². The first kappa shape index (κ1) is 12.1. The highest BCUT2D eigenvalue weighted by Crippen LogP contribution is 2.11. The molecule has 0 unspecified atom stereocenters. The highest BCUT2D eigenvalue weighted by molar-refractivity contribution is 5.77. The fourth-order valence-electron chi connectivity index (χ4n) is 1.73. The number of benzene rings is 1. The summed E-state index contributed by atoms with van der Waals surface area (Å²) in [7, 11) is 1.63. The van der Waals surface area contributed by atoms with Crippen molar-refractivity contribution in [1.29, 1.82) is 5.26 Å². The SMILES string of the molecule is CN(CC#N)C(=O)CCc1nc2ccccc2[nH]1. The van der Waals surface area contributed by atoms with Crippen molar-refractivity contribution in [3.8, 4) is 6.07 Å². The van der Waals surface area contributed by atoms with E-state index in [0.29, 0.717) is 12.8 Å². The summed E-state index contributed by atoms with van der Waals surface area (Å²) in [5, 5.41) is 8.50. The third-order valence-corrected chi connectivity index (χ3v) is 2.75. The summed E-state index contributed by atoms with van der Waals surface area (Å²) in [6.45, 7) is 0.124. The van der Waals surface area contributed by atoms with Gasteiger partial charge in [-0.05, 0) is 12.1 Å². The van der Waals surface area contributed by atoms with Crippen molar-refractivity contribution in [1.82, 2.24) is 14.9 Å². The zero-order chi connectivity index (χ0) is 13.0. The molecule has 0 aliphatic carbocycles. The number of para-hydroxylation sites is 2. The number of hydrogen-bond acceptors (Lipinski definition) is 3. The van der Waals surface area contributed by atoms with Gasteiger partial charge in [0, 0.05) is 19.9 Å². The molecule has 1 aromatic carbocycles. The average molecular weight is 242 g/mol. The van der Waals surface area contributed by atoms with Crippen molar-refractivity contribution < 1.29 is 4.79 Å². The van der Waals surface area contributed by atoms with Crippen LogP contribution in [0.15, 0.2) is 24.3 Å². The van der Waals surface area contributed by atoms with Gasteiger partial charge in [0.25, 0.3) is 0 Å². The van der Waals surface area contributed by atoms with Gasteiger partial charge >= 0.3 is 0 Å². The molecule has 92 valence electrons. The number of nitriles is 1. The van der Waals surface area contributed by atoms with Crippen molar-refractivity contribution in [2.75, 3.05) is 13.6 Å². The molecule has 18 heavy (non-hydrogen) atoms. The molecule has 1 amide bonds. The number of aromatic nitrogens is 2. The van der Waals surface area contributed by atoms with Gasteiger partial charge in [-0.25, -0.2) is 4.98 Å². The van der Waals surface area contributed by atoms with E-state index in [2.05, 4.69) is 9.97 Å². The van der Waals surface area contributed by atoms with Gasteiger partial charge in [-0.2, -0.15) is 5.26 Å². The summed E-state index contributed by atoms with van der Waals surface area (Å²) in [5.74, 6) is 0.756. The van der Waals surface area contributed by atoms with Crippen LogP contribution < -0.4 is 0 Å². The van der Waals surface area contributed by atoms with E-state index < -0.39 is 0 Å². The van der Waals surface area contributed by atoms with Gasteiger partial charge in [-0.1, -0.05) is 12.1 Å². The Kier molecular flexibility index (Phi) is 3.58. The van der Waals surface area contributed by atoms with E-state index in [9.17, 15) is 4.79 Å². The summed E-state index contributed by atoms with van der Waals surface area (Å²) >= 11 is 0. The summed E-state index contributed by atoms with van der Waals surface area (Å²) in [5.41, 5.74) is 1.88. The summed E-state index contributed by atoms with van der Waals surface area (Å²) in [4.78, 5) is 20.6. The minimum Gasteiger partial charge on any atom is -0.342 e. The van der Waals surface area contributed by atoms with E-state index in [1.54, 1.807) is 7.05 Å². The third kappa shape index (κ3) is 2.66. The number of aromatic amines is 1. The number of nitrogens with zero attached hydrogens (tertiary/aromatic N) is 3.